The van der Waals surface area contributed by atoms with Crippen LogP contribution in [0.15, 0.2) is 18.2 Å². The zero-order valence-electron chi connectivity index (χ0n) is 12.3. The topological polar surface area (TPSA) is 81.9 Å². The quantitative estimate of drug-likeness (QED) is 0.634. The lowest BCUT2D eigenvalue weighted by atomic mass is 10.2. The predicted octanol–water partition coefficient (Wildman–Crippen LogP) is 1.45. The second-order valence-electron chi connectivity index (χ2n) is 4.94. The largest absolute Gasteiger partial charge is 0.482 e. The number of esters is 1. The summed E-state index contributed by atoms with van der Waals surface area (Å²) < 4.78 is 10.1. The van der Waals surface area contributed by atoms with Gasteiger partial charge in [0.25, 0.3) is 5.91 Å². The normalized spacial score (nSPS) is 13.6. The zero-order chi connectivity index (χ0) is 15.4. The van der Waals surface area contributed by atoms with Crippen molar-refractivity contribution in [2.24, 2.45) is 0 Å². The molecule has 2 N–H and O–H groups in total. The van der Waals surface area contributed by atoms with Crippen LogP contribution in [0.5, 0.6) is 5.75 Å². The minimum Gasteiger partial charge on any atom is -0.482 e. The fourth-order valence-corrected chi connectivity index (χ4v) is 2.15. The van der Waals surface area contributed by atoms with Crippen LogP contribution in [-0.2, 0) is 9.53 Å². The van der Waals surface area contributed by atoms with E-state index in [1.54, 1.807) is 17.0 Å². The van der Waals surface area contributed by atoms with Gasteiger partial charge < -0.3 is 20.1 Å². The zero-order valence-corrected chi connectivity index (χ0v) is 12.3. The first-order valence-electron chi connectivity index (χ1n) is 6.97. The van der Waals surface area contributed by atoms with Crippen LogP contribution in [0.25, 0.3) is 0 Å². The number of anilines is 1. The van der Waals surface area contributed by atoms with Gasteiger partial charge >= 0.3 is 5.97 Å². The Hall–Kier alpha value is -2.24. The highest BCUT2D eigenvalue weighted by atomic mass is 16.5. The molecule has 0 atom stereocenters. The first-order valence-corrected chi connectivity index (χ1v) is 6.97. The number of likely N-dealkylation sites (N-methyl/N-ethyl adjacent to an activating group) is 1. The maximum atomic E-state index is 12.1. The maximum absolute atomic E-state index is 12.1. The Morgan fingerprint density at radius 2 is 2.10 bits per heavy atom. The van der Waals surface area contributed by atoms with Crippen LogP contribution in [0.4, 0.5) is 5.69 Å². The van der Waals surface area contributed by atoms with Gasteiger partial charge in [0.05, 0.1) is 18.4 Å². The second-order valence-corrected chi connectivity index (χ2v) is 4.94. The average molecular weight is 292 g/mol. The molecule has 114 valence electrons. The van der Waals surface area contributed by atoms with Crippen molar-refractivity contribution < 1.29 is 19.1 Å². The van der Waals surface area contributed by atoms with Crippen LogP contribution in [0.3, 0.4) is 0 Å². The van der Waals surface area contributed by atoms with Gasteiger partial charge in [-0.05, 0) is 38.0 Å². The number of benzene rings is 1. The van der Waals surface area contributed by atoms with Crippen LogP contribution in [0.2, 0.25) is 0 Å². The molecule has 6 heteroatoms. The molecule has 1 aromatic carbocycles. The Balaban J connectivity index is 2.01. The van der Waals surface area contributed by atoms with E-state index in [4.69, 9.17) is 10.5 Å². The molecule has 1 aliphatic rings. The summed E-state index contributed by atoms with van der Waals surface area (Å²) in [5, 5.41) is 0. The van der Waals surface area contributed by atoms with E-state index in [-0.39, 0.29) is 12.5 Å². The molecule has 1 aliphatic carbocycles. The Morgan fingerprint density at radius 3 is 2.67 bits per heavy atom. The van der Waals surface area contributed by atoms with E-state index in [9.17, 15) is 9.59 Å². The van der Waals surface area contributed by atoms with E-state index < -0.39 is 5.97 Å². The number of nitrogens with two attached hydrogens (primary N) is 1. The van der Waals surface area contributed by atoms with Crippen LogP contribution >= 0.6 is 0 Å². The highest BCUT2D eigenvalue weighted by molar-refractivity contribution is 5.90. The predicted molar refractivity (Wildman–Crippen MR) is 78.1 cm³/mol. The van der Waals surface area contributed by atoms with E-state index >= 15 is 0 Å². The van der Waals surface area contributed by atoms with Crippen LogP contribution in [0, 0.1) is 0 Å². The fourth-order valence-electron chi connectivity index (χ4n) is 2.15. The third kappa shape index (κ3) is 3.65. The van der Waals surface area contributed by atoms with E-state index in [1.807, 2.05) is 6.92 Å². The van der Waals surface area contributed by atoms with Gasteiger partial charge in [-0.1, -0.05) is 0 Å². The Bertz CT molecular complexity index is 540. The van der Waals surface area contributed by atoms with Crippen LogP contribution in [0.1, 0.15) is 30.1 Å². The summed E-state index contributed by atoms with van der Waals surface area (Å²) in [6.07, 6.45) is 2.11. The summed E-state index contributed by atoms with van der Waals surface area (Å²) in [6.45, 7) is 2.53. The molecule has 0 aromatic heterocycles. The highest BCUT2D eigenvalue weighted by Crippen LogP contribution is 2.27. The summed E-state index contributed by atoms with van der Waals surface area (Å²) in [7, 11) is 1.30. The molecule has 6 nitrogen and oxygen atoms in total. The molecule has 1 amide bonds. The van der Waals surface area contributed by atoms with Crippen LogP contribution in [-0.4, -0.2) is 43.1 Å². The van der Waals surface area contributed by atoms with Gasteiger partial charge in [-0.15, -0.1) is 0 Å². The molecule has 0 radical (unpaired) electrons. The van der Waals surface area contributed by atoms with Gasteiger partial charge in [0, 0.05) is 12.6 Å². The van der Waals surface area contributed by atoms with Gasteiger partial charge in [0.2, 0.25) is 0 Å². The van der Waals surface area contributed by atoms with E-state index in [0.29, 0.717) is 29.6 Å². The van der Waals surface area contributed by atoms with E-state index in [2.05, 4.69) is 4.74 Å². The Labute approximate surface area is 123 Å². The van der Waals surface area contributed by atoms with Crippen molar-refractivity contribution in [3.63, 3.8) is 0 Å². The lowest BCUT2D eigenvalue weighted by Gasteiger charge is -2.20. The van der Waals surface area contributed by atoms with Gasteiger partial charge in [0.1, 0.15) is 5.75 Å². The molecule has 0 unspecified atom stereocenters. The molecule has 0 bridgehead atoms. The number of rotatable bonds is 6. The van der Waals surface area contributed by atoms with Crippen molar-refractivity contribution >= 4 is 17.6 Å². The molecule has 0 heterocycles. The molecule has 1 fully saturated rings. The van der Waals surface area contributed by atoms with Crippen molar-refractivity contribution in [3.05, 3.63) is 23.8 Å². The fraction of sp³-hybridized carbons (Fsp3) is 0.467. The smallest absolute Gasteiger partial charge is 0.337 e. The summed E-state index contributed by atoms with van der Waals surface area (Å²) in [4.78, 5) is 25.4. The molecule has 0 saturated heterocycles. The molecule has 21 heavy (non-hydrogen) atoms. The van der Waals surface area contributed by atoms with Crippen molar-refractivity contribution in [1.82, 2.24) is 4.90 Å². The van der Waals surface area contributed by atoms with Gasteiger partial charge in [-0.25, -0.2) is 4.79 Å². The number of carbonyl (C=O) groups excluding carboxylic acids is 2. The third-order valence-corrected chi connectivity index (χ3v) is 3.43. The van der Waals surface area contributed by atoms with E-state index in [1.165, 1.54) is 13.2 Å². The third-order valence-electron chi connectivity index (χ3n) is 3.43. The number of nitrogen functional groups attached to an aromatic ring is 1. The average Bonchev–Trinajstić information content (AvgIpc) is 3.31. The number of carbonyl (C=O) groups is 2. The Morgan fingerprint density at radius 1 is 1.38 bits per heavy atom. The summed E-state index contributed by atoms with van der Waals surface area (Å²) in [5.41, 5.74) is 6.51. The molecule has 0 aliphatic heterocycles. The molecule has 0 spiro atoms. The van der Waals surface area contributed by atoms with Crippen molar-refractivity contribution in [2.75, 3.05) is 26.0 Å². The monoisotopic (exact) mass is 292 g/mol. The minimum absolute atomic E-state index is 0.0668. The number of amides is 1. The summed E-state index contributed by atoms with van der Waals surface area (Å²) >= 11 is 0. The minimum atomic E-state index is -0.473. The number of hydrogen-bond donors (Lipinski definition) is 1. The number of nitrogens with zero attached hydrogens (tertiary/aromatic N) is 1. The van der Waals surface area contributed by atoms with Gasteiger partial charge in [-0.2, -0.15) is 0 Å². The lowest BCUT2D eigenvalue weighted by molar-refractivity contribution is -0.133. The van der Waals surface area contributed by atoms with Crippen molar-refractivity contribution in [2.45, 2.75) is 25.8 Å². The Kier molecular flexibility index (Phi) is 4.67. The molecule has 1 aromatic rings. The number of hydrogen-bond acceptors (Lipinski definition) is 5. The highest BCUT2D eigenvalue weighted by Gasteiger charge is 2.31. The summed E-state index contributed by atoms with van der Waals surface area (Å²) in [6, 6.07) is 4.95. The first-order chi connectivity index (χ1) is 10.1. The SMILES string of the molecule is CCN(C(=O)COc1cc(C(=O)OC)ccc1N)C1CC1. The standard InChI is InChI=1S/C15H20N2O4/c1-3-17(11-5-6-11)14(18)9-21-13-8-10(15(19)20-2)4-7-12(13)16/h4,7-8,11H,3,5-6,9,16H2,1-2H3. The van der Waals surface area contributed by atoms with E-state index in [0.717, 1.165) is 12.8 Å². The molecule has 2 rings (SSSR count). The maximum Gasteiger partial charge on any atom is 0.337 e. The van der Waals surface area contributed by atoms with Crippen molar-refractivity contribution in [3.8, 4) is 5.75 Å². The summed E-state index contributed by atoms with van der Waals surface area (Å²) in [5.74, 6) is -0.222. The van der Waals surface area contributed by atoms with Gasteiger partial charge in [-0.3, -0.25) is 4.79 Å². The number of ether oxygens (including phenoxy) is 2. The molecular formula is C15H20N2O4. The molecule has 1 saturated carbocycles. The lowest BCUT2D eigenvalue weighted by Crippen LogP contribution is -2.36. The second kappa shape index (κ2) is 6.47. The van der Waals surface area contributed by atoms with Crippen LogP contribution < -0.4 is 10.5 Å². The first kappa shape index (κ1) is 15.2. The number of methoxy groups -OCH3 is 1. The van der Waals surface area contributed by atoms with Crippen molar-refractivity contribution in [1.29, 1.82) is 0 Å². The van der Waals surface area contributed by atoms with Gasteiger partial charge in [0.15, 0.2) is 6.61 Å². The molecular weight excluding hydrogens is 272 g/mol.